The van der Waals surface area contributed by atoms with Crippen molar-refractivity contribution in [1.82, 2.24) is 10.3 Å². The molecule has 0 amide bonds. The summed E-state index contributed by atoms with van der Waals surface area (Å²) in [5.41, 5.74) is 2.45. The number of hydrogen-bond acceptors (Lipinski definition) is 4. The Hall–Kier alpha value is -1.38. The molecule has 1 N–H and O–H groups in total. The Morgan fingerprint density at radius 2 is 2.07 bits per heavy atom. The van der Waals surface area contributed by atoms with E-state index in [9.17, 15) is 0 Å². The molecule has 1 aliphatic heterocycles. The van der Waals surface area contributed by atoms with Crippen LogP contribution in [0.15, 0.2) is 35.8 Å². The first-order valence-electron chi connectivity index (χ1n) is 10.0. The predicted molar refractivity (Wildman–Crippen MR) is 118 cm³/mol. The van der Waals surface area contributed by atoms with Crippen LogP contribution in [0.2, 0.25) is 0 Å². The number of aromatic nitrogens is 1. The molecule has 3 nitrogen and oxygen atoms in total. The highest BCUT2D eigenvalue weighted by atomic mass is 35.5. The lowest BCUT2D eigenvalue weighted by molar-refractivity contribution is -0.104. The number of ether oxygens (including phenoxy) is 1. The third kappa shape index (κ3) is 4.44. The fraction of sp³-hybridized carbons (Fsp3) is 0.522. The van der Waals surface area contributed by atoms with E-state index in [2.05, 4.69) is 28.8 Å². The number of halogens is 1. The van der Waals surface area contributed by atoms with Crippen molar-refractivity contribution in [3.63, 3.8) is 0 Å². The first-order valence-corrected chi connectivity index (χ1v) is 10.9. The van der Waals surface area contributed by atoms with Crippen molar-refractivity contribution in [3.05, 3.63) is 52.0 Å². The lowest BCUT2D eigenvalue weighted by Crippen LogP contribution is -2.47. The Kier molecular flexibility index (Phi) is 7.17. The second-order valence-corrected chi connectivity index (χ2v) is 8.99. The number of nitrogens with one attached hydrogen (secondary N) is 1. The summed E-state index contributed by atoms with van der Waals surface area (Å²) in [6.07, 6.45) is 15.8. The molecule has 2 aromatic rings. The molecule has 3 heterocycles. The van der Waals surface area contributed by atoms with Gasteiger partial charge in [0.1, 0.15) is 0 Å². The van der Waals surface area contributed by atoms with Crippen LogP contribution in [-0.4, -0.2) is 23.7 Å². The van der Waals surface area contributed by atoms with Gasteiger partial charge in [-0.25, -0.2) is 0 Å². The van der Waals surface area contributed by atoms with Gasteiger partial charge in [0.05, 0.1) is 5.60 Å². The maximum atomic E-state index is 6.33. The summed E-state index contributed by atoms with van der Waals surface area (Å²) in [7, 11) is 0. The molecule has 5 heteroatoms. The highest BCUT2D eigenvalue weighted by molar-refractivity contribution is 7.10. The maximum Gasteiger partial charge on any atom is 0.0691 e. The second-order valence-electron chi connectivity index (χ2n) is 7.99. The minimum absolute atomic E-state index is 0. The van der Waals surface area contributed by atoms with Crippen molar-refractivity contribution < 1.29 is 4.74 Å². The zero-order valence-electron chi connectivity index (χ0n) is 16.3. The molecule has 1 spiro atoms. The summed E-state index contributed by atoms with van der Waals surface area (Å²) in [6, 6.07) is 8.38. The van der Waals surface area contributed by atoms with Gasteiger partial charge in [0, 0.05) is 40.9 Å². The summed E-state index contributed by atoms with van der Waals surface area (Å²) >= 11 is 1.73. The second kappa shape index (κ2) is 9.41. The molecule has 1 aliphatic carbocycles. The van der Waals surface area contributed by atoms with Gasteiger partial charge < -0.3 is 10.1 Å². The number of rotatable bonds is 6. The van der Waals surface area contributed by atoms with Crippen molar-refractivity contribution in [3.8, 4) is 12.3 Å². The molecule has 1 saturated heterocycles. The normalized spacial score (nSPS) is 23.2. The Balaban J connectivity index is 0.00000225. The molecule has 150 valence electrons. The van der Waals surface area contributed by atoms with Crippen molar-refractivity contribution in [1.29, 1.82) is 0 Å². The van der Waals surface area contributed by atoms with E-state index >= 15 is 0 Å². The van der Waals surface area contributed by atoms with Crippen molar-refractivity contribution >= 4 is 23.7 Å². The minimum Gasteiger partial charge on any atom is -0.375 e. The molecule has 0 bridgehead atoms. The Labute approximate surface area is 178 Å². The fourth-order valence-corrected chi connectivity index (χ4v) is 5.74. The van der Waals surface area contributed by atoms with Crippen LogP contribution in [0.25, 0.3) is 0 Å². The first kappa shape index (κ1) is 21.3. The van der Waals surface area contributed by atoms with Crippen LogP contribution in [0.5, 0.6) is 0 Å². The molecule has 28 heavy (non-hydrogen) atoms. The Bertz CT molecular complexity index is 794. The van der Waals surface area contributed by atoms with Crippen molar-refractivity contribution in [2.75, 3.05) is 13.2 Å². The minimum atomic E-state index is 0. The summed E-state index contributed by atoms with van der Waals surface area (Å²) in [5, 5.41) is 5.70. The van der Waals surface area contributed by atoms with Crippen LogP contribution in [0.1, 0.15) is 61.1 Å². The van der Waals surface area contributed by atoms with E-state index in [1.54, 1.807) is 11.3 Å². The average molecular weight is 417 g/mol. The lowest BCUT2D eigenvalue weighted by atomic mass is 9.68. The summed E-state index contributed by atoms with van der Waals surface area (Å²) in [4.78, 5) is 6.03. The smallest absolute Gasteiger partial charge is 0.0691 e. The predicted octanol–water partition coefficient (Wildman–Crippen LogP) is 5.09. The monoisotopic (exact) mass is 416 g/mol. The molecule has 2 aromatic heterocycles. The van der Waals surface area contributed by atoms with Crippen molar-refractivity contribution in [2.45, 2.75) is 62.5 Å². The van der Waals surface area contributed by atoms with E-state index in [0.29, 0.717) is 0 Å². The van der Waals surface area contributed by atoms with E-state index in [1.165, 1.54) is 36.3 Å². The molecule has 1 saturated carbocycles. The van der Waals surface area contributed by atoms with Gasteiger partial charge in [-0.15, -0.1) is 30.2 Å². The highest BCUT2D eigenvalue weighted by Gasteiger charge is 2.48. The van der Waals surface area contributed by atoms with Crippen LogP contribution in [-0.2, 0) is 16.7 Å². The topological polar surface area (TPSA) is 34.2 Å². The standard InChI is InChI=1S/C23H28N2OS.ClH/c1-2-19-8-16-27-20(19)17-24-14-11-22(21-7-3-6-13-25-21)12-15-26-23(18-22)9-4-5-10-23;/h1,3,6-8,13,16,24H,4-5,9-12,14-15,17-18H2;1H. The first-order chi connectivity index (χ1) is 13.3. The van der Waals surface area contributed by atoms with Crippen LogP contribution >= 0.6 is 23.7 Å². The SMILES string of the molecule is C#Cc1ccsc1CNCCC1(c2ccccn2)CCOC2(CCCC2)C1.Cl. The van der Waals surface area contributed by atoms with Gasteiger partial charge in [0.15, 0.2) is 0 Å². The van der Waals surface area contributed by atoms with Gasteiger partial charge in [-0.3, -0.25) is 4.98 Å². The van der Waals surface area contributed by atoms with Gasteiger partial charge in [-0.1, -0.05) is 24.8 Å². The van der Waals surface area contributed by atoms with E-state index in [1.807, 2.05) is 18.3 Å². The highest BCUT2D eigenvalue weighted by Crippen LogP contribution is 2.49. The third-order valence-electron chi connectivity index (χ3n) is 6.34. The third-order valence-corrected chi connectivity index (χ3v) is 7.26. The number of terminal acetylenes is 1. The van der Waals surface area contributed by atoms with Gasteiger partial charge in [-0.2, -0.15) is 0 Å². The van der Waals surface area contributed by atoms with E-state index in [-0.39, 0.29) is 23.4 Å². The van der Waals surface area contributed by atoms with E-state index < -0.39 is 0 Å². The van der Waals surface area contributed by atoms with Crippen LogP contribution in [0.3, 0.4) is 0 Å². The Morgan fingerprint density at radius 3 is 2.82 bits per heavy atom. The lowest BCUT2D eigenvalue weighted by Gasteiger charge is -2.46. The molecule has 4 rings (SSSR count). The van der Waals surface area contributed by atoms with Gasteiger partial charge in [0.25, 0.3) is 0 Å². The Morgan fingerprint density at radius 1 is 1.21 bits per heavy atom. The molecular formula is C23H29ClN2OS. The van der Waals surface area contributed by atoms with Crippen LogP contribution in [0.4, 0.5) is 0 Å². The molecule has 0 radical (unpaired) electrons. The van der Waals surface area contributed by atoms with E-state index in [0.717, 1.165) is 44.5 Å². The van der Waals surface area contributed by atoms with Gasteiger partial charge in [0.2, 0.25) is 0 Å². The van der Waals surface area contributed by atoms with Crippen molar-refractivity contribution in [2.24, 2.45) is 0 Å². The van der Waals surface area contributed by atoms with Gasteiger partial charge >= 0.3 is 0 Å². The zero-order valence-corrected chi connectivity index (χ0v) is 17.9. The van der Waals surface area contributed by atoms with E-state index in [4.69, 9.17) is 16.1 Å². The summed E-state index contributed by atoms with van der Waals surface area (Å²) in [6.45, 7) is 2.66. The molecule has 2 fully saturated rings. The number of pyridine rings is 1. The molecule has 0 aromatic carbocycles. The maximum absolute atomic E-state index is 6.33. The largest absolute Gasteiger partial charge is 0.375 e. The molecule has 2 aliphatic rings. The zero-order chi connectivity index (χ0) is 18.6. The summed E-state index contributed by atoms with van der Waals surface area (Å²) in [5.74, 6) is 2.78. The van der Waals surface area contributed by atoms with Gasteiger partial charge in [-0.05, 0) is 62.2 Å². The molecular weight excluding hydrogens is 388 g/mol. The average Bonchev–Trinajstić information content (AvgIpc) is 3.35. The summed E-state index contributed by atoms with van der Waals surface area (Å²) < 4.78 is 6.33. The number of thiophene rings is 1. The fourth-order valence-electron chi connectivity index (χ4n) is 4.93. The number of nitrogens with zero attached hydrogens (tertiary/aromatic N) is 1. The molecule has 1 atom stereocenters. The number of hydrogen-bond donors (Lipinski definition) is 1. The van der Waals surface area contributed by atoms with Crippen LogP contribution in [0, 0.1) is 12.3 Å². The quantitative estimate of drug-likeness (QED) is 0.526. The molecule has 1 unspecified atom stereocenters. The van der Waals surface area contributed by atoms with Crippen LogP contribution < -0.4 is 5.32 Å².